The summed E-state index contributed by atoms with van der Waals surface area (Å²) in [6, 6.07) is 0. The van der Waals surface area contributed by atoms with Gasteiger partial charge in [-0.15, -0.1) is 0 Å². The first-order chi connectivity index (χ1) is 5.91. The molecule has 0 amide bonds. The zero-order valence-corrected chi connectivity index (χ0v) is 11.4. The molecule has 0 saturated heterocycles. The van der Waals surface area contributed by atoms with E-state index in [0.717, 1.165) is 13.2 Å². The maximum absolute atomic E-state index is 8.06. The molecule has 0 saturated carbocycles. The van der Waals surface area contributed by atoms with E-state index in [1.807, 2.05) is 0 Å². The van der Waals surface area contributed by atoms with Gasteiger partial charge in [0, 0.05) is 13.2 Å². The lowest BCUT2D eigenvalue weighted by molar-refractivity contribution is 0.127. The lowest BCUT2D eigenvalue weighted by Crippen LogP contribution is -1.95. The zero-order valence-electron chi connectivity index (χ0n) is 8.97. The van der Waals surface area contributed by atoms with Crippen LogP contribution in [0.2, 0.25) is 0 Å². The quantitative estimate of drug-likeness (QED) is 0.490. The molecule has 0 rings (SSSR count). The van der Waals surface area contributed by atoms with Gasteiger partial charge in [-0.1, -0.05) is 33.1 Å². The lowest BCUT2D eigenvalue weighted by atomic mass is 10.3. The molecule has 0 aliphatic rings. The largest absolute Gasteiger partial charge is 0.381 e. The first kappa shape index (κ1) is 19.1. The minimum absolute atomic E-state index is 0. The standard InChI is InChI=1S/C9H20O.HOP.H3P/c1-3-5-7-9-10-8-6-4-2;1-2;/h3-9H2,1-2H3;2H;1H3. The molecular weight excluding hydrogens is 202 g/mol. The van der Waals surface area contributed by atoms with Crippen molar-refractivity contribution in [3.8, 4) is 0 Å². The summed E-state index contributed by atoms with van der Waals surface area (Å²) in [5, 5.41) is 0. The molecular formula is C9H24O2P2. The highest BCUT2D eigenvalue weighted by atomic mass is 31.0. The number of hydrogen-bond donors (Lipinski definition) is 0. The minimum atomic E-state index is 0. The topological polar surface area (TPSA) is 26.3 Å². The van der Waals surface area contributed by atoms with Crippen LogP contribution < -0.4 is 0 Å². The fourth-order valence-corrected chi connectivity index (χ4v) is 0.803. The van der Waals surface area contributed by atoms with Crippen LogP contribution in [0.1, 0.15) is 46.0 Å². The van der Waals surface area contributed by atoms with Crippen LogP contribution in [0.15, 0.2) is 0 Å². The minimum Gasteiger partial charge on any atom is -0.381 e. The first-order valence-electron chi connectivity index (χ1n) is 4.70. The van der Waals surface area contributed by atoms with E-state index in [-0.39, 0.29) is 9.90 Å². The number of rotatable bonds is 7. The van der Waals surface area contributed by atoms with E-state index in [2.05, 4.69) is 13.8 Å². The third-order valence-electron chi connectivity index (χ3n) is 1.53. The van der Waals surface area contributed by atoms with Gasteiger partial charge in [-0.25, -0.2) is 0 Å². The molecule has 2 nitrogen and oxygen atoms in total. The van der Waals surface area contributed by atoms with Gasteiger partial charge in [-0.3, -0.25) is 4.57 Å². The van der Waals surface area contributed by atoms with E-state index in [9.17, 15) is 0 Å². The molecule has 0 aromatic carbocycles. The third-order valence-corrected chi connectivity index (χ3v) is 1.53. The highest BCUT2D eigenvalue weighted by Gasteiger charge is 1.86. The van der Waals surface area contributed by atoms with Crippen LogP contribution in [0.5, 0.6) is 0 Å². The van der Waals surface area contributed by atoms with Gasteiger partial charge in [-0.2, -0.15) is 9.90 Å². The smallest absolute Gasteiger partial charge is 0.138 e. The Morgan fingerprint density at radius 1 is 0.923 bits per heavy atom. The predicted molar refractivity (Wildman–Crippen MR) is 65.4 cm³/mol. The summed E-state index contributed by atoms with van der Waals surface area (Å²) in [6.45, 7) is 6.33. The van der Waals surface area contributed by atoms with E-state index < -0.39 is 0 Å². The van der Waals surface area contributed by atoms with Crippen LogP contribution in [0.25, 0.3) is 0 Å². The Morgan fingerprint density at radius 2 is 1.38 bits per heavy atom. The van der Waals surface area contributed by atoms with Crippen LogP contribution in [0.3, 0.4) is 0 Å². The van der Waals surface area contributed by atoms with E-state index in [0.29, 0.717) is 0 Å². The van der Waals surface area contributed by atoms with Gasteiger partial charge in [-0.05, 0) is 12.8 Å². The summed E-state index contributed by atoms with van der Waals surface area (Å²) in [5.74, 6) is 0. The van der Waals surface area contributed by atoms with Crippen molar-refractivity contribution in [3.05, 3.63) is 0 Å². The second-order valence-corrected chi connectivity index (χ2v) is 2.67. The maximum Gasteiger partial charge on any atom is 0.138 e. The third kappa shape index (κ3) is 24.5. The average molecular weight is 226 g/mol. The van der Waals surface area contributed by atoms with E-state index in [4.69, 9.17) is 9.30 Å². The Labute approximate surface area is 88.1 Å². The van der Waals surface area contributed by atoms with E-state index in [1.165, 1.54) is 32.1 Å². The molecule has 0 heterocycles. The van der Waals surface area contributed by atoms with Gasteiger partial charge in [0.15, 0.2) is 0 Å². The van der Waals surface area contributed by atoms with Crippen LogP contribution in [-0.4, -0.2) is 13.2 Å². The molecule has 0 N–H and O–H groups in total. The summed E-state index contributed by atoms with van der Waals surface area (Å²) in [5.41, 5.74) is 0. The van der Waals surface area contributed by atoms with Crippen LogP contribution in [0, 0.1) is 0 Å². The van der Waals surface area contributed by atoms with Gasteiger partial charge in [0.1, 0.15) is 9.12 Å². The van der Waals surface area contributed by atoms with Gasteiger partial charge < -0.3 is 4.74 Å². The normalized spacial score (nSPS) is 8.15. The Kier molecular flexibility index (Phi) is 33.7. The SMILES string of the molecule is CCCCCOCCCC.O=P.P. The summed E-state index contributed by atoms with van der Waals surface area (Å²) >= 11 is 0. The molecule has 0 bridgehead atoms. The van der Waals surface area contributed by atoms with Gasteiger partial charge in [0.25, 0.3) is 0 Å². The highest BCUT2D eigenvalue weighted by molar-refractivity contribution is 7.00. The molecule has 13 heavy (non-hydrogen) atoms. The molecule has 1 atom stereocenters. The van der Waals surface area contributed by atoms with Gasteiger partial charge in [0.05, 0.1) is 0 Å². The van der Waals surface area contributed by atoms with Crippen molar-refractivity contribution in [2.45, 2.75) is 46.0 Å². The van der Waals surface area contributed by atoms with Crippen molar-refractivity contribution >= 4 is 19.0 Å². The summed E-state index contributed by atoms with van der Waals surface area (Å²) in [4.78, 5) is 0. The average Bonchev–Trinajstić information content (AvgIpc) is 2.15. The van der Waals surface area contributed by atoms with E-state index >= 15 is 0 Å². The molecule has 0 aromatic rings. The lowest BCUT2D eigenvalue weighted by Gasteiger charge is -2.00. The van der Waals surface area contributed by atoms with Crippen molar-refractivity contribution in [2.24, 2.45) is 0 Å². The molecule has 0 aliphatic carbocycles. The first-order valence-corrected chi connectivity index (χ1v) is 5.10. The monoisotopic (exact) mass is 226 g/mol. The van der Waals surface area contributed by atoms with Crippen molar-refractivity contribution in [1.82, 2.24) is 0 Å². The Balaban J connectivity index is -0.000000309. The number of unbranched alkanes of at least 4 members (excludes halogenated alkanes) is 3. The summed E-state index contributed by atoms with van der Waals surface area (Å²) < 4.78 is 13.4. The molecule has 82 valence electrons. The van der Waals surface area contributed by atoms with Crippen LogP contribution >= 0.6 is 19.0 Å². The van der Waals surface area contributed by atoms with Gasteiger partial charge in [0.2, 0.25) is 0 Å². The number of ether oxygens (including phenoxy) is 1. The molecule has 4 heteroatoms. The van der Waals surface area contributed by atoms with Crippen molar-refractivity contribution in [3.63, 3.8) is 0 Å². The predicted octanol–water partition coefficient (Wildman–Crippen LogP) is 3.53. The fraction of sp³-hybridized carbons (Fsp3) is 1.00. The van der Waals surface area contributed by atoms with Crippen LogP contribution in [0.4, 0.5) is 0 Å². The molecule has 0 radical (unpaired) electrons. The van der Waals surface area contributed by atoms with Crippen molar-refractivity contribution < 1.29 is 9.30 Å². The molecule has 0 fully saturated rings. The second kappa shape index (κ2) is 22.9. The highest BCUT2D eigenvalue weighted by Crippen LogP contribution is 1.95. The van der Waals surface area contributed by atoms with Crippen molar-refractivity contribution in [1.29, 1.82) is 0 Å². The van der Waals surface area contributed by atoms with Crippen LogP contribution in [-0.2, 0) is 9.30 Å². The maximum atomic E-state index is 8.06. The molecule has 0 aliphatic heterocycles. The summed E-state index contributed by atoms with van der Waals surface area (Å²) in [7, 11) is 1.72. The fourth-order valence-electron chi connectivity index (χ4n) is 0.803. The Morgan fingerprint density at radius 3 is 1.85 bits per heavy atom. The number of hydrogen-bond acceptors (Lipinski definition) is 2. The second-order valence-electron chi connectivity index (χ2n) is 2.67. The molecule has 0 spiro atoms. The van der Waals surface area contributed by atoms with Gasteiger partial charge >= 0.3 is 0 Å². The molecule has 0 aromatic heterocycles. The Bertz CT molecular complexity index is 64.6. The molecule has 1 unspecified atom stereocenters. The summed E-state index contributed by atoms with van der Waals surface area (Å²) in [6.07, 6.45) is 6.30. The van der Waals surface area contributed by atoms with Crippen molar-refractivity contribution in [2.75, 3.05) is 13.2 Å². The Hall–Kier alpha value is 0.490. The van der Waals surface area contributed by atoms with E-state index in [1.54, 1.807) is 9.12 Å². The zero-order chi connectivity index (χ0) is 9.66.